The number of anilines is 1. The number of nitrogens with zero attached hydrogens (tertiary/aromatic N) is 2. The molecule has 0 bridgehead atoms. The Morgan fingerprint density at radius 2 is 1.96 bits per heavy atom. The molecule has 2 amide bonds. The summed E-state index contributed by atoms with van der Waals surface area (Å²) >= 11 is 0. The van der Waals surface area contributed by atoms with Gasteiger partial charge < -0.3 is 15.0 Å². The molecule has 1 aromatic rings. The fraction of sp³-hybridized carbons (Fsp3) is 0.579. The lowest BCUT2D eigenvalue weighted by Gasteiger charge is -2.35. The summed E-state index contributed by atoms with van der Waals surface area (Å²) < 4.78 is 5.48. The highest BCUT2D eigenvalue weighted by atomic mass is 16.5. The number of nitrogens with one attached hydrogen (secondary N) is 1. The summed E-state index contributed by atoms with van der Waals surface area (Å²) in [5.41, 5.74) is 2.03. The minimum Gasteiger partial charge on any atom is -0.368 e. The van der Waals surface area contributed by atoms with Crippen molar-refractivity contribution in [2.24, 2.45) is 0 Å². The Kier molecular flexibility index (Phi) is 6.04. The van der Waals surface area contributed by atoms with Gasteiger partial charge in [0, 0.05) is 38.5 Å². The molecule has 0 radical (unpaired) electrons. The molecule has 6 heteroatoms. The third-order valence-electron chi connectivity index (χ3n) is 4.93. The van der Waals surface area contributed by atoms with Crippen molar-refractivity contribution in [3.63, 3.8) is 0 Å². The molecular weight excluding hydrogens is 318 g/mol. The van der Waals surface area contributed by atoms with E-state index in [4.69, 9.17) is 4.74 Å². The van der Waals surface area contributed by atoms with Crippen LogP contribution in [0.2, 0.25) is 0 Å². The predicted octanol–water partition coefficient (Wildman–Crippen LogP) is 1.51. The lowest BCUT2D eigenvalue weighted by atomic mass is 10.1. The van der Waals surface area contributed by atoms with E-state index in [0.29, 0.717) is 26.2 Å². The number of hydrogen-bond acceptors (Lipinski definition) is 4. The van der Waals surface area contributed by atoms with Gasteiger partial charge in [-0.1, -0.05) is 25.1 Å². The van der Waals surface area contributed by atoms with Gasteiger partial charge >= 0.3 is 0 Å². The van der Waals surface area contributed by atoms with Crippen LogP contribution in [-0.2, 0) is 20.7 Å². The monoisotopic (exact) mass is 345 g/mol. The molecule has 0 spiro atoms. The van der Waals surface area contributed by atoms with Gasteiger partial charge in [-0.3, -0.25) is 14.5 Å². The Bertz CT molecular complexity index is 606. The standard InChI is InChI=1S/C19H27N3O3/c1-2-15-6-3-4-7-16(15)20-18(23)14-21-9-11-22(12-10-21)19(24)17-8-5-13-25-17/h3-4,6-7,17H,2,5,8-14H2,1H3,(H,20,23)/t17-/m0/s1. The zero-order chi connectivity index (χ0) is 17.6. The molecule has 1 N–H and O–H groups in total. The van der Waals surface area contributed by atoms with E-state index in [-0.39, 0.29) is 17.9 Å². The molecule has 0 aromatic heterocycles. The van der Waals surface area contributed by atoms with Gasteiger partial charge in [0.2, 0.25) is 5.91 Å². The number of piperazine rings is 1. The quantitative estimate of drug-likeness (QED) is 0.879. The Balaban J connectivity index is 1.45. The number of para-hydroxylation sites is 1. The molecule has 2 aliphatic heterocycles. The number of ether oxygens (including phenoxy) is 1. The number of aryl methyl sites for hydroxylation is 1. The number of benzene rings is 1. The molecule has 2 fully saturated rings. The SMILES string of the molecule is CCc1ccccc1NC(=O)CN1CCN(C(=O)[C@@H]2CCCO2)CC1. The van der Waals surface area contributed by atoms with Gasteiger partial charge in [0.05, 0.1) is 6.54 Å². The molecule has 1 aromatic carbocycles. The van der Waals surface area contributed by atoms with Crippen molar-refractivity contribution in [3.05, 3.63) is 29.8 Å². The highest BCUT2D eigenvalue weighted by molar-refractivity contribution is 5.93. The Morgan fingerprint density at radius 3 is 2.64 bits per heavy atom. The van der Waals surface area contributed by atoms with E-state index in [0.717, 1.165) is 43.6 Å². The molecule has 1 atom stereocenters. The predicted molar refractivity (Wildman–Crippen MR) is 96.4 cm³/mol. The van der Waals surface area contributed by atoms with E-state index in [1.807, 2.05) is 29.2 Å². The maximum Gasteiger partial charge on any atom is 0.251 e. The van der Waals surface area contributed by atoms with E-state index in [9.17, 15) is 9.59 Å². The second-order valence-corrected chi connectivity index (χ2v) is 6.66. The van der Waals surface area contributed by atoms with Crippen molar-refractivity contribution in [1.29, 1.82) is 0 Å². The van der Waals surface area contributed by atoms with E-state index in [1.165, 1.54) is 0 Å². The second kappa shape index (κ2) is 8.45. The van der Waals surface area contributed by atoms with Gasteiger partial charge in [0.1, 0.15) is 6.10 Å². The fourth-order valence-corrected chi connectivity index (χ4v) is 3.45. The third kappa shape index (κ3) is 4.58. The topological polar surface area (TPSA) is 61.9 Å². The maximum atomic E-state index is 12.3. The normalized spacial score (nSPS) is 21.3. The molecule has 2 saturated heterocycles. The second-order valence-electron chi connectivity index (χ2n) is 6.66. The molecule has 136 valence electrons. The number of rotatable bonds is 5. The summed E-state index contributed by atoms with van der Waals surface area (Å²) in [5, 5.41) is 3.01. The summed E-state index contributed by atoms with van der Waals surface area (Å²) in [6.45, 7) is 5.91. The van der Waals surface area contributed by atoms with E-state index < -0.39 is 0 Å². The van der Waals surface area contributed by atoms with Crippen LogP contribution in [-0.4, -0.2) is 67.0 Å². The first-order valence-corrected chi connectivity index (χ1v) is 9.18. The van der Waals surface area contributed by atoms with Gasteiger partial charge in [-0.25, -0.2) is 0 Å². The summed E-state index contributed by atoms with van der Waals surface area (Å²) in [6, 6.07) is 7.89. The average molecular weight is 345 g/mol. The first kappa shape index (κ1) is 17.9. The van der Waals surface area contributed by atoms with Crippen LogP contribution in [0.4, 0.5) is 5.69 Å². The summed E-state index contributed by atoms with van der Waals surface area (Å²) in [7, 11) is 0. The van der Waals surface area contributed by atoms with Gasteiger partial charge in [0.25, 0.3) is 5.91 Å². The van der Waals surface area contributed by atoms with E-state index in [1.54, 1.807) is 0 Å². The van der Waals surface area contributed by atoms with Gasteiger partial charge in [-0.2, -0.15) is 0 Å². The van der Waals surface area contributed by atoms with Crippen molar-refractivity contribution in [3.8, 4) is 0 Å². The van der Waals surface area contributed by atoms with Crippen LogP contribution >= 0.6 is 0 Å². The van der Waals surface area contributed by atoms with Crippen molar-refractivity contribution in [2.75, 3.05) is 44.6 Å². The molecule has 6 nitrogen and oxygen atoms in total. The molecule has 3 rings (SSSR count). The highest BCUT2D eigenvalue weighted by Gasteiger charge is 2.30. The maximum absolute atomic E-state index is 12.3. The first-order chi connectivity index (χ1) is 12.2. The Labute approximate surface area is 149 Å². The molecular formula is C19H27N3O3. The van der Waals surface area contributed by atoms with Crippen LogP contribution in [0.15, 0.2) is 24.3 Å². The molecule has 0 aliphatic carbocycles. The van der Waals surface area contributed by atoms with Crippen LogP contribution in [0.3, 0.4) is 0 Å². The number of carbonyl (C=O) groups excluding carboxylic acids is 2. The summed E-state index contributed by atoms with van der Waals surface area (Å²) in [6.07, 6.45) is 2.44. The minimum atomic E-state index is -0.250. The Morgan fingerprint density at radius 1 is 1.20 bits per heavy atom. The van der Waals surface area contributed by atoms with Gasteiger partial charge in [0.15, 0.2) is 0 Å². The summed E-state index contributed by atoms with van der Waals surface area (Å²) in [4.78, 5) is 28.6. The zero-order valence-electron chi connectivity index (χ0n) is 14.9. The average Bonchev–Trinajstić information content (AvgIpc) is 3.17. The lowest BCUT2D eigenvalue weighted by Crippen LogP contribution is -2.52. The van der Waals surface area contributed by atoms with Crippen molar-refractivity contribution < 1.29 is 14.3 Å². The minimum absolute atomic E-state index is 0.000183. The molecule has 25 heavy (non-hydrogen) atoms. The van der Waals surface area contributed by atoms with Gasteiger partial charge in [-0.15, -0.1) is 0 Å². The lowest BCUT2D eigenvalue weighted by molar-refractivity contribution is -0.142. The smallest absolute Gasteiger partial charge is 0.251 e. The largest absolute Gasteiger partial charge is 0.368 e. The Hall–Kier alpha value is -1.92. The van der Waals surface area contributed by atoms with Crippen molar-refractivity contribution >= 4 is 17.5 Å². The number of amides is 2. The van der Waals surface area contributed by atoms with Gasteiger partial charge in [-0.05, 0) is 30.9 Å². The van der Waals surface area contributed by atoms with Crippen LogP contribution in [0.25, 0.3) is 0 Å². The van der Waals surface area contributed by atoms with Crippen LogP contribution < -0.4 is 5.32 Å². The molecule has 2 aliphatic rings. The van der Waals surface area contributed by atoms with E-state index in [2.05, 4.69) is 17.1 Å². The zero-order valence-corrected chi connectivity index (χ0v) is 14.9. The van der Waals surface area contributed by atoms with Crippen molar-refractivity contribution in [2.45, 2.75) is 32.3 Å². The molecule has 0 saturated carbocycles. The number of carbonyl (C=O) groups is 2. The van der Waals surface area contributed by atoms with E-state index >= 15 is 0 Å². The van der Waals surface area contributed by atoms with Crippen LogP contribution in [0.5, 0.6) is 0 Å². The van der Waals surface area contributed by atoms with Crippen molar-refractivity contribution in [1.82, 2.24) is 9.80 Å². The number of hydrogen-bond donors (Lipinski definition) is 1. The molecule has 0 unspecified atom stereocenters. The molecule has 2 heterocycles. The van der Waals surface area contributed by atoms with Crippen LogP contribution in [0, 0.1) is 0 Å². The highest BCUT2D eigenvalue weighted by Crippen LogP contribution is 2.17. The fourth-order valence-electron chi connectivity index (χ4n) is 3.45. The first-order valence-electron chi connectivity index (χ1n) is 9.18. The third-order valence-corrected chi connectivity index (χ3v) is 4.93. The van der Waals surface area contributed by atoms with Crippen LogP contribution in [0.1, 0.15) is 25.3 Å². The summed E-state index contributed by atoms with van der Waals surface area (Å²) in [5.74, 6) is 0.110.